The van der Waals surface area contributed by atoms with Gasteiger partial charge >= 0.3 is 6.03 Å². The molecule has 0 aromatic heterocycles. The van der Waals surface area contributed by atoms with Gasteiger partial charge in [0.05, 0.1) is 0 Å². The van der Waals surface area contributed by atoms with E-state index in [4.69, 9.17) is 0 Å². The third kappa shape index (κ3) is 2.86. The lowest BCUT2D eigenvalue weighted by Crippen LogP contribution is -2.46. The molecule has 0 saturated heterocycles. The average molecular weight is 210 g/mol. The molecule has 0 unspecified atom stereocenters. The van der Waals surface area contributed by atoms with Crippen LogP contribution in [-0.4, -0.2) is 30.6 Å². The molecule has 0 aliphatic heterocycles. The second-order valence-electron chi connectivity index (χ2n) is 4.94. The van der Waals surface area contributed by atoms with Gasteiger partial charge in [0, 0.05) is 19.6 Å². The predicted octanol–water partition coefficient (Wildman–Crippen LogP) is 2.37. The summed E-state index contributed by atoms with van der Waals surface area (Å²) < 4.78 is 0. The molecule has 2 aliphatic rings. The van der Waals surface area contributed by atoms with Crippen LogP contribution in [0.5, 0.6) is 0 Å². The van der Waals surface area contributed by atoms with E-state index in [0.29, 0.717) is 6.04 Å². The average Bonchev–Trinajstić information content (AvgIpc) is 3.10. The fourth-order valence-corrected chi connectivity index (χ4v) is 2.51. The Morgan fingerprint density at radius 2 is 1.87 bits per heavy atom. The van der Waals surface area contributed by atoms with Crippen LogP contribution >= 0.6 is 0 Å². The van der Waals surface area contributed by atoms with E-state index >= 15 is 0 Å². The van der Waals surface area contributed by atoms with Crippen LogP contribution in [0.4, 0.5) is 4.79 Å². The first-order chi connectivity index (χ1) is 7.31. The number of amides is 2. The number of hydrogen-bond acceptors (Lipinski definition) is 1. The van der Waals surface area contributed by atoms with E-state index in [1.165, 1.54) is 44.9 Å². The monoisotopic (exact) mass is 210 g/mol. The molecule has 0 heterocycles. The van der Waals surface area contributed by atoms with Crippen molar-refractivity contribution in [1.29, 1.82) is 0 Å². The second kappa shape index (κ2) is 4.86. The van der Waals surface area contributed by atoms with Crippen LogP contribution in [0.25, 0.3) is 0 Å². The topological polar surface area (TPSA) is 32.3 Å². The van der Waals surface area contributed by atoms with Crippen molar-refractivity contribution >= 4 is 6.03 Å². The van der Waals surface area contributed by atoms with Crippen molar-refractivity contribution in [3.05, 3.63) is 0 Å². The Balaban J connectivity index is 1.92. The second-order valence-corrected chi connectivity index (χ2v) is 4.94. The standard InChI is InChI=1S/C12H22N2O/c1-13-12(15)14(9-10-7-8-10)11-5-3-2-4-6-11/h10-11H,2-9H2,1H3,(H,13,15). The van der Waals surface area contributed by atoms with Crippen LogP contribution in [0, 0.1) is 5.92 Å². The molecule has 0 radical (unpaired) electrons. The maximum absolute atomic E-state index is 11.8. The first kappa shape index (κ1) is 10.8. The van der Waals surface area contributed by atoms with Gasteiger partial charge in [0.25, 0.3) is 0 Å². The highest BCUT2D eigenvalue weighted by Gasteiger charge is 2.31. The number of nitrogens with zero attached hydrogens (tertiary/aromatic N) is 1. The first-order valence-corrected chi connectivity index (χ1v) is 6.29. The maximum atomic E-state index is 11.8. The van der Waals surface area contributed by atoms with Gasteiger partial charge in [-0.15, -0.1) is 0 Å². The largest absolute Gasteiger partial charge is 0.341 e. The van der Waals surface area contributed by atoms with Crippen LogP contribution in [0.15, 0.2) is 0 Å². The number of nitrogens with one attached hydrogen (secondary N) is 1. The number of carbonyl (C=O) groups excluding carboxylic acids is 1. The van der Waals surface area contributed by atoms with Gasteiger partial charge in [-0.25, -0.2) is 4.79 Å². The zero-order valence-electron chi connectivity index (χ0n) is 9.67. The lowest BCUT2D eigenvalue weighted by Gasteiger charge is -2.34. The normalized spacial score (nSPS) is 22.5. The predicted molar refractivity (Wildman–Crippen MR) is 60.8 cm³/mol. The summed E-state index contributed by atoms with van der Waals surface area (Å²) in [7, 11) is 1.74. The van der Waals surface area contributed by atoms with Gasteiger partial charge in [0.15, 0.2) is 0 Å². The SMILES string of the molecule is CNC(=O)N(CC1CC1)C1CCCCC1. The molecule has 2 aliphatic carbocycles. The van der Waals surface area contributed by atoms with Crippen molar-refractivity contribution in [3.63, 3.8) is 0 Å². The number of carbonyl (C=O) groups is 1. The lowest BCUT2D eigenvalue weighted by atomic mass is 9.94. The minimum atomic E-state index is 0.133. The maximum Gasteiger partial charge on any atom is 0.317 e. The minimum Gasteiger partial charge on any atom is -0.341 e. The molecule has 2 rings (SSSR count). The van der Waals surface area contributed by atoms with E-state index in [9.17, 15) is 4.79 Å². The van der Waals surface area contributed by atoms with Gasteiger partial charge in [-0.05, 0) is 31.6 Å². The zero-order chi connectivity index (χ0) is 10.7. The van der Waals surface area contributed by atoms with Crippen molar-refractivity contribution in [3.8, 4) is 0 Å². The summed E-state index contributed by atoms with van der Waals surface area (Å²) >= 11 is 0. The highest BCUT2D eigenvalue weighted by atomic mass is 16.2. The molecule has 2 amide bonds. The summed E-state index contributed by atoms with van der Waals surface area (Å²) in [5, 5.41) is 2.78. The fourth-order valence-electron chi connectivity index (χ4n) is 2.51. The van der Waals surface area contributed by atoms with Crippen LogP contribution in [-0.2, 0) is 0 Å². The molecule has 1 N–H and O–H groups in total. The zero-order valence-corrected chi connectivity index (χ0v) is 9.67. The molecule has 3 heteroatoms. The minimum absolute atomic E-state index is 0.133. The van der Waals surface area contributed by atoms with Crippen molar-refractivity contribution in [2.24, 2.45) is 5.92 Å². The Morgan fingerprint density at radius 1 is 1.20 bits per heavy atom. The Labute approximate surface area is 92.2 Å². The van der Waals surface area contributed by atoms with Crippen LogP contribution < -0.4 is 5.32 Å². The molecule has 2 saturated carbocycles. The third-order valence-electron chi connectivity index (χ3n) is 3.64. The van der Waals surface area contributed by atoms with E-state index in [2.05, 4.69) is 10.2 Å². The number of hydrogen-bond donors (Lipinski definition) is 1. The van der Waals surface area contributed by atoms with Crippen LogP contribution in [0.3, 0.4) is 0 Å². The van der Waals surface area contributed by atoms with Gasteiger partial charge in [-0.1, -0.05) is 19.3 Å². The highest BCUT2D eigenvalue weighted by molar-refractivity contribution is 5.74. The van der Waals surface area contributed by atoms with E-state index in [1.807, 2.05) is 0 Å². The molecule has 3 nitrogen and oxygen atoms in total. The van der Waals surface area contributed by atoms with Gasteiger partial charge in [-0.2, -0.15) is 0 Å². The number of urea groups is 1. The van der Waals surface area contributed by atoms with E-state index in [-0.39, 0.29) is 6.03 Å². The first-order valence-electron chi connectivity index (χ1n) is 6.29. The van der Waals surface area contributed by atoms with Crippen molar-refractivity contribution in [2.45, 2.75) is 51.0 Å². The highest BCUT2D eigenvalue weighted by Crippen LogP contribution is 2.32. The Morgan fingerprint density at radius 3 is 2.40 bits per heavy atom. The molecule has 2 fully saturated rings. The van der Waals surface area contributed by atoms with Crippen molar-refractivity contribution in [1.82, 2.24) is 10.2 Å². The van der Waals surface area contributed by atoms with Crippen LogP contribution in [0.1, 0.15) is 44.9 Å². The summed E-state index contributed by atoms with van der Waals surface area (Å²) in [4.78, 5) is 13.9. The Hall–Kier alpha value is -0.730. The van der Waals surface area contributed by atoms with E-state index in [1.54, 1.807) is 7.05 Å². The lowest BCUT2D eigenvalue weighted by molar-refractivity contribution is 0.153. The van der Waals surface area contributed by atoms with Gasteiger partial charge in [0.2, 0.25) is 0 Å². The van der Waals surface area contributed by atoms with E-state index < -0.39 is 0 Å². The molecule has 15 heavy (non-hydrogen) atoms. The summed E-state index contributed by atoms with van der Waals surface area (Å²) in [6, 6.07) is 0.646. The molecule has 86 valence electrons. The van der Waals surface area contributed by atoms with Gasteiger partial charge in [-0.3, -0.25) is 0 Å². The van der Waals surface area contributed by atoms with Gasteiger partial charge in [0.1, 0.15) is 0 Å². The van der Waals surface area contributed by atoms with Crippen molar-refractivity contribution < 1.29 is 4.79 Å². The molecule has 0 aromatic rings. The molecule has 0 spiro atoms. The van der Waals surface area contributed by atoms with Crippen molar-refractivity contribution in [2.75, 3.05) is 13.6 Å². The Bertz CT molecular complexity index is 220. The Kier molecular flexibility index (Phi) is 3.49. The van der Waals surface area contributed by atoms with Gasteiger partial charge < -0.3 is 10.2 Å². The molecule has 0 atom stereocenters. The van der Waals surface area contributed by atoms with Crippen LogP contribution in [0.2, 0.25) is 0 Å². The third-order valence-corrected chi connectivity index (χ3v) is 3.64. The molecular formula is C12H22N2O. The summed E-state index contributed by atoms with van der Waals surface area (Å²) in [6.07, 6.45) is 8.99. The summed E-state index contributed by atoms with van der Waals surface area (Å²) in [5.41, 5.74) is 0. The summed E-state index contributed by atoms with van der Waals surface area (Å²) in [6.45, 7) is 0.990. The smallest absolute Gasteiger partial charge is 0.317 e. The molecular weight excluding hydrogens is 188 g/mol. The quantitative estimate of drug-likeness (QED) is 0.762. The fraction of sp³-hybridized carbons (Fsp3) is 0.917. The number of rotatable bonds is 3. The molecule has 0 bridgehead atoms. The van der Waals surface area contributed by atoms with E-state index in [0.717, 1.165) is 12.5 Å². The summed E-state index contributed by atoms with van der Waals surface area (Å²) in [5.74, 6) is 0.796. The molecule has 0 aromatic carbocycles.